The van der Waals surface area contributed by atoms with E-state index in [1.165, 1.54) is 0 Å². The molecule has 4 aromatic rings. The number of methoxy groups -OCH3 is 1. The van der Waals surface area contributed by atoms with E-state index in [4.69, 9.17) is 16.3 Å². The number of fused-ring (bicyclic) bond motifs is 1. The minimum Gasteiger partial charge on any atom is -0.497 e. The van der Waals surface area contributed by atoms with Gasteiger partial charge >= 0.3 is 0 Å². The van der Waals surface area contributed by atoms with Crippen molar-refractivity contribution < 1.29 is 9.53 Å². The lowest BCUT2D eigenvalue weighted by Crippen LogP contribution is -2.26. The highest BCUT2D eigenvalue weighted by Crippen LogP contribution is 2.21. The molecule has 1 amide bonds. The van der Waals surface area contributed by atoms with E-state index in [1.807, 2.05) is 78.3 Å². The van der Waals surface area contributed by atoms with Crippen LogP contribution >= 0.6 is 11.6 Å². The average molecular weight is 420 g/mol. The number of benzene rings is 3. The van der Waals surface area contributed by atoms with Crippen molar-refractivity contribution in [1.29, 1.82) is 0 Å². The summed E-state index contributed by atoms with van der Waals surface area (Å²) in [5.41, 5.74) is 3.52. The summed E-state index contributed by atoms with van der Waals surface area (Å²) in [7, 11) is 1.63. The molecule has 0 aliphatic rings. The van der Waals surface area contributed by atoms with E-state index >= 15 is 0 Å². The van der Waals surface area contributed by atoms with Crippen LogP contribution in [0.2, 0.25) is 5.02 Å². The maximum absolute atomic E-state index is 12.9. The Morgan fingerprint density at radius 3 is 2.77 bits per heavy atom. The number of ether oxygens (including phenoxy) is 1. The lowest BCUT2D eigenvalue weighted by molar-refractivity contribution is 0.0940. The lowest BCUT2D eigenvalue weighted by Gasteiger charge is -2.15. The number of hydrogen-bond donors (Lipinski definition) is 1. The van der Waals surface area contributed by atoms with Crippen molar-refractivity contribution in [2.75, 3.05) is 7.11 Å². The van der Waals surface area contributed by atoms with Crippen LogP contribution in [-0.4, -0.2) is 22.8 Å². The highest BCUT2D eigenvalue weighted by Gasteiger charge is 2.14. The Hall–Kier alpha value is -3.31. The van der Waals surface area contributed by atoms with Crippen LogP contribution in [0.5, 0.6) is 5.75 Å². The molecule has 0 saturated heterocycles. The Morgan fingerprint density at radius 2 is 1.97 bits per heavy atom. The Balaban J connectivity index is 1.55. The molecule has 1 aromatic heterocycles. The molecule has 0 saturated carbocycles. The van der Waals surface area contributed by atoms with Gasteiger partial charge in [0.15, 0.2) is 0 Å². The Morgan fingerprint density at radius 1 is 1.13 bits per heavy atom. The minimum absolute atomic E-state index is 0.136. The summed E-state index contributed by atoms with van der Waals surface area (Å²) in [6.45, 7) is 2.53. The summed E-state index contributed by atoms with van der Waals surface area (Å²) in [5, 5.41) is 9.20. The summed E-state index contributed by atoms with van der Waals surface area (Å²) in [5.74, 6) is 0.627. The number of hydrogen-bond acceptors (Lipinski definition) is 3. The maximum atomic E-state index is 12.9. The number of aromatic nitrogens is 2. The van der Waals surface area contributed by atoms with E-state index in [0.29, 0.717) is 17.1 Å². The molecule has 30 heavy (non-hydrogen) atoms. The quantitative estimate of drug-likeness (QED) is 0.465. The van der Waals surface area contributed by atoms with Crippen molar-refractivity contribution in [1.82, 2.24) is 15.1 Å². The van der Waals surface area contributed by atoms with Crippen LogP contribution in [0.3, 0.4) is 0 Å². The van der Waals surface area contributed by atoms with Crippen molar-refractivity contribution in [3.05, 3.63) is 94.6 Å². The zero-order valence-corrected chi connectivity index (χ0v) is 17.6. The van der Waals surface area contributed by atoms with Gasteiger partial charge in [-0.15, -0.1) is 0 Å². The van der Waals surface area contributed by atoms with Gasteiger partial charge in [0, 0.05) is 16.0 Å². The first-order chi connectivity index (χ1) is 14.5. The van der Waals surface area contributed by atoms with E-state index in [0.717, 1.165) is 27.8 Å². The van der Waals surface area contributed by atoms with Gasteiger partial charge in [0.1, 0.15) is 5.75 Å². The third-order valence-electron chi connectivity index (χ3n) is 5.07. The highest BCUT2D eigenvalue weighted by molar-refractivity contribution is 6.30. The van der Waals surface area contributed by atoms with Gasteiger partial charge in [-0.25, -0.2) is 0 Å². The Labute approximate surface area is 180 Å². The first kappa shape index (κ1) is 20.0. The van der Waals surface area contributed by atoms with Gasteiger partial charge in [0.05, 0.1) is 31.4 Å². The molecule has 0 aliphatic heterocycles. The summed E-state index contributed by atoms with van der Waals surface area (Å²) in [4.78, 5) is 12.9. The zero-order valence-electron chi connectivity index (χ0n) is 16.8. The smallest absolute Gasteiger partial charge is 0.251 e. The molecule has 0 bridgehead atoms. The molecule has 0 radical (unpaired) electrons. The maximum Gasteiger partial charge on any atom is 0.251 e. The molecule has 3 aromatic carbocycles. The van der Waals surface area contributed by atoms with Crippen molar-refractivity contribution in [3.8, 4) is 5.75 Å². The number of amides is 1. The summed E-state index contributed by atoms with van der Waals surface area (Å²) in [6, 6.07) is 20.8. The summed E-state index contributed by atoms with van der Waals surface area (Å²) in [6.07, 6.45) is 1.81. The van der Waals surface area contributed by atoms with Crippen LogP contribution in [0.1, 0.15) is 34.5 Å². The molecule has 0 fully saturated rings. The molecule has 4 rings (SSSR count). The average Bonchev–Trinajstić information content (AvgIpc) is 3.15. The molecule has 6 heteroatoms. The molecule has 0 spiro atoms. The van der Waals surface area contributed by atoms with Crippen LogP contribution in [0.25, 0.3) is 10.9 Å². The van der Waals surface area contributed by atoms with Crippen LogP contribution in [-0.2, 0) is 6.54 Å². The third kappa shape index (κ3) is 4.31. The fraction of sp³-hybridized carbons (Fsp3) is 0.167. The number of halogens is 1. The lowest BCUT2D eigenvalue weighted by atomic mass is 10.1. The van der Waals surface area contributed by atoms with E-state index in [2.05, 4.69) is 10.4 Å². The normalized spacial score (nSPS) is 12.0. The predicted octanol–water partition coefficient (Wildman–Crippen LogP) is 5.24. The Bertz CT molecular complexity index is 1200. The number of nitrogens with one attached hydrogen (secondary N) is 1. The van der Waals surface area contributed by atoms with Crippen LogP contribution in [0, 0.1) is 0 Å². The molecule has 5 nitrogen and oxygen atoms in total. The molecular formula is C24H22ClN3O2. The monoisotopic (exact) mass is 419 g/mol. The van der Waals surface area contributed by atoms with Crippen LogP contribution < -0.4 is 10.1 Å². The van der Waals surface area contributed by atoms with Gasteiger partial charge < -0.3 is 10.1 Å². The van der Waals surface area contributed by atoms with E-state index in [9.17, 15) is 4.79 Å². The predicted molar refractivity (Wildman–Crippen MR) is 119 cm³/mol. The van der Waals surface area contributed by atoms with Crippen molar-refractivity contribution >= 4 is 28.4 Å². The van der Waals surface area contributed by atoms with Gasteiger partial charge in [0.25, 0.3) is 5.91 Å². The molecule has 1 heterocycles. The summed E-state index contributed by atoms with van der Waals surface area (Å²) >= 11 is 6.10. The molecule has 1 atom stereocenters. The number of nitrogens with zero attached hydrogens (tertiary/aromatic N) is 2. The van der Waals surface area contributed by atoms with Crippen LogP contribution in [0.15, 0.2) is 72.9 Å². The van der Waals surface area contributed by atoms with Gasteiger partial charge in [0.2, 0.25) is 0 Å². The van der Waals surface area contributed by atoms with E-state index in [1.54, 1.807) is 13.3 Å². The molecular weight excluding hydrogens is 398 g/mol. The molecule has 1 N–H and O–H groups in total. The third-order valence-corrected chi connectivity index (χ3v) is 5.30. The highest BCUT2D eigenvalue weighted by atomic mass is 35.5. The minimum atomic E-state index is -0.153. The van der Waals surface area contributed by atoms with E-state index < -0.39 is 0 Å². The van der Waals surface area contributed by atoms with Crippen LogP contribution in [0.4, 0.5) is 0 Å². The second-order valence-electron chi connectivity index (χ2n) is 7.18. The Kier molecular flexibility index (Phi) is 5.72. The van der Waals surface area contributed by atoms with Crippen molar-refractivity contribution in [2.45, 2.75) is 19.5 Å². The number of rotatable bonds is 6. The summed E-state index contributed by atoms with van der Waals surface area (Å²) < 4.78 is 7.15. The topological polar surface area (TPSA) is 56.1 Å². The standard InChI is InChI=1S/C24H22ClN3O2/c1-16(18-6-4-8-22(12-18)30-2)27-24(29)19-9-10-20-14-26-28(23(20)13-19)15-17-5-3-7-21(25)11-17/h3-14,16H,15H2,1-2H3,(H,27,29). The van der Waals surface area contributed by atoms with Gasteiger partial charge in [-0.1, -0.05) is 41.9 Å². The van der Waals surface area contributed by atoms with E-state index in [-0.39, 0.29) is 11.9 Å². The SMILES string of the molecule is COc1cccc(C(C)NC(=O)c2ccc3cnn(Cc4cccc(Cl)c4)c3c2)c1. The molecule has 0 aliphatic carbocycles. The molecule has 1 unspecified atom stereocenters. The first-order valence-corrected chi connectivity index (χ1v) is 10.1. The second-order valence-corrected chi connectivity index (χ2v) is 7.61. The van der Waals surface area contributed by atoms with Gasteiger partial charge in [-0.3, -0.25) is 9.48 Å². The fourth-order valence-electron chi connectivity index (χ4n) is 3.42. The van der Waals surface area contributed by atoms with Crippen molar-refractivity contribution in [2.24, 2.45) is 0 Å². The number of carbonyl (C=O) groups excluding carboxylic acids is 1. The zero-order chi connectivity index (χ0) is 21.1. The first-order valence-electron chi connectivity index (χ1n) is 9.68. The fourth-order valence-corrected chi connectivity index (χ4v) is 3.63. The van der Waals surface area contributed by atoms with Gasteiger partial charge in [-0.05, 0) is 54.4 Å². The largest absolute Gasteiger partial charge is 0.497 e. The molecule has 152 valence electrons. The second kappa shape index (κ2) is 8.59. The van der Waals surface area contributed by atoms with Gasteiger partial charge in [-0.2, -0.15) is 5.10 Å². The number of carbonyl (C=O) groups is 1. The van der Waals surface area contributed by atoms with Crippen molar-refractivity contribution in [3.63, 3.8) is 0 Å².